The minimum absolute atomic E-state index is 0.209. The maximum Gasteiger partial charge on any atom is 0.261 e. The molecule has 4 rings (SSSR count). The molecular formula is C16H13N5OS. The van der Waals surface area contributed by atoms with Crippen molar-refractivity contribution in [2.75, 3.05) is 11.6 Å². The molecule has 3 aromatic heterocycles. The van der Waals surface area contributed by atoms with Crippen molar-refractivity contribution in [3.8, 4) is 0 Å². The molecule has 6 nitrogen and oxygen atoms in total. The third kappa shape index (κ3) is 2.35. The van der Waals surface area contributed by atoms with Gasteiger partial charge in [0.25, 0.3) is 5.56 Å². The molecule has 0 bridgehead atoms. The average molecular weight is 323 g/mol. The Bertz CT molecular complexity index is 1070. The molecule has 0 saturated carbocycles. The summed E-state index contributed by atoms with van der Waals surface area (Å²) < 4.78 is 0. The number of nitrogens with zero attached hydrogens (tertiary/aromatic N) is 2. The van der Waals surface area contributed by atoms with Gasteiger partial charge in [-0.3, -0.25) is 4.79 Å². The van der Waals surface area contributed by atoms with E-state index in [1.165, 1.54) is 11.8 Å². The van der Waals surface area contributed by atoms with Crippen LogP contribution in [0.25, 0.3) is 21.8 Å². The first-order valence-corrected chi connectivity index (χ1v) is 8.25. The Balaban J connectivity index is 1.94. The Labute approximate surface area is 135 Å². The predicted molar refractivity (Wildman–Crippen MR) is 93.5 cm³/mol. The standard InChI is InChI=1S/C16H13N5OS/c1-23-16-20-12-6-8-18-15(22)13(12)14(21-16)19-11-4-2-3-10-9(11)5-7-17-10/h2-8,17H,1H3,(H,18,22)(H,19,20,21). The summed E-state index contributed by atoms with van der Waals surface area (Å²) in [5, 5.41) is 5.40. The van der Waals surface area contributed by atoms with Gasteiger partial charge in [0.1, 0.15) is 11.2 Å². The number of pyridine rings is 1. The quantitative estimate of drug-likeness (QED) is 0.398. The first kappa shape index (κ1) is 13.8. The lowest BCUT2D eigenvalue weighted by Crippen LogP contribution is -2.10. The van der Waals surface area contributed by atoms with Crippen LogP contribution in [0.4, 0.5) is 11.5 Å². The zero-order chi connectivity index (χ0) is 15.8. The van der Waals surface area contributed by atoms with Crippen molar-refractivity contribution in [2.24, 2.45) is 0 Å². The third-order valence-corrected chi connectivity index (χ3v) is 4.18. The average Bonchev–Trinajstić information content (AvgIpc) is 3.04. The fourth-order valence-electron chi connectivity index (χ4n) is 2.57. The molecule has 114 valence electrons. The SMILES string of the molecule is CSc1nc(Nc2cccc3[nH]ccc23)c2c(=O)[nH]ccc2n1. The number of benzene rings is 1. The lowest BCUT2D eigenvalue weighted by molar-refractivity contribution is 1.01. The summed E-state index contributed by atoms with van der Waals surface area (Å²) in [6, 6.07) is 9.67. The molecule has 0 aliphatic carbocycles. The maximum atomic E-state index is 12.2. The second-order valence-electron chi connectivity index (χ2n) is 5.00. The molecule has 0 aliphatic rings. The topological polar surface area (TPSA) is 86.5 Å². The molecule has 3 N–H and O–H groups in total. The van der Waals surface area contributed by atoms with Gasteiger partial charge in [0.05, 0.1) is 5.52 Å². The second kappa shape index (κ2) is 5.44. The minimum atomic E-state index is -0.209. The molecule has 4 aromatic rings. The Morgan fingerprint density at radius 1 is 1.09 bits per heavy atom. The Morgan fingerprint density at radius 2 is 1.96 bits per heavy atom. The fraction of sp³-hybridized carbons (Fsp3) is 0.0625. The predicted octanol–water partition coefficient (Wildman–Crippen LogP) is 3.26. The highest BCUT2D eigenvalue weighted by molar-refractivity contribution is 7.98. The van der Waals surface area contributed by atoms with Gasteiger partial charge in [0, 0.05) is 29.0 Å². The van der Waals surface area contributed by atoms with Gasteiger partial charge in [0.2, 0.25) is 0 Å². The zero-order valence-electron chi connectivity index (χ0n) is 12.3. The Kier molecular flexibility index (Phi) is 3.27. The van der Waals surface area contributed by atoms with Gasteiger partial charge in [-0.2, -0.15) is 0 Å². The molecule has 1 aromatic carbocycles. The number of fused-ring (bicyclic) bond motifs is 2. The van der Waals surface area contributed by atoms with E-state index in [2.05, 4.69) is 25.3 Å². The maximum absolute atomic E-state index is 12.2. The molecule has 7 heteroatoms. The molecule has 0 spiro atoms. The van der Waals surface area contributed by atoms with Gasteiger partial charge in [-0.1, -0.05) is 17.8 Å². The van der Waals surface area contributed by atoms with E-state index in [0.717, 1.165) is 16.6 Å². The number of rotatable bonds is 3. The highest BCUT2D eigenvalue weighted by Gasteiger charge is 2.12. The molecule has 0 amide bonds. The first-order valence-electron chi connectivity index (χ1n) is 7.03. The summed E-state index contributed by atoms with van der Waals surface area (Å²) in [6.45, 7) is 0. The van der Waals surface area contributed by atoms with Crippen LogP contribution in [-0.2, 0) is 0 Å². The number of H-pyrrole nitrogens is 2. The van der Waals surface area contributed by atoms with Gasteiger partial charge in [-0.15, -0.1) is 0 Å². The lowest BCUT2D eigenvalue weighted by Gasteiger charge is -2.10. The van der Waals surface area contributed by atoms with E-state index in [0.29, 0.717) is 21.9 Å². The number of nitrogens with one attached hydrogen (secondary N) is 3. The van der Waals surface area contributed by atoms with Gasteiger partial charge in [0.15, 0.2) is 5.16 Å². The number of thioether (sulfide) groups is 1. The van der Waals surface area contributed by atoms with E-state index < -0.39 is 0 Å². The van der Waals surface area contributed by atoms with Crippen LogP contribution in [0.1, 0.15) is 0 Å². The second-order valence-corrected chi connectivity index (χ2v) is 5.77. The number of hydrogen-bond acceptors (Lipinski definition) is 5. The number of anilines is 2. The molecule has 0 fully saturated rings. The van der Waals surface area contributed by atoms with Gasteiger partial charge >= 0.3 is 0 Å². The summed E-state index contributed by atoms with van der Waals surface area (Å²) in [6.07, 6.45) is 5.39. The molecule has 23 heavy (non-hydrogen) atoms. The van der Waals surface area contributed by atoms with E-state index >= 15 is 0 Å². The van der Waals surface area contributed by atoms with Crippen LogP contribution in [0.2, 0.25) is 0 Å². The third-order valence-electron chi connectivity index (χ3n) is 3.63. The Morgan fingerprint density at radius 3 is 2.83 bits per heavy atom. The van der Waals surface area contributed by atoms with Crippen molar-refractivity contribution in [3.05, 3.63) is 53.1 Å². The lowest BCUT2D eigenvalue weighted by atomic mass is 10.2. The van der Waals surface area contributed by atoms with Crippen LogP contribution < -0.4 is 10.9 Å². The molecule has 0 radical (unpaired) electrons. The molecular weight excluding hydrogens is 310 g/mol. The monoisotopic (exact) mass is 323 g/mol. The summed E-state index contributed by atoms with van der Waals surface area (Å²) in [4.78, 5) is 26.9. The molecule has 0 aliphatic heterocycles. The largest absolute Gasteiger partial charge is 0.361 e. The van der Waals surface area contributed by atoms with E-state index in [1.54, 1.807) is 12.3 Å². The number of hydrogen-bond donors (Lipinski definition) is 3. The fourth-order valence-corrected chi connectivity index (χ4v) is 2.95. The summed E-state index contributed by atoms with van der Waals surface area (Å²) >= 11 is 1.44. The van der Waals surface area contributed by atoms with E-state index in [9.17, 15) is 4.79 Å². The normalized spacial score (nSPS) is 11.2. The highest BCUT2D eigenvalue weighted by atomic mass is 32.2. The van der Waals surface area contributed by atoms with Crippen LogP contribution in [-0.4, -0.2) is 26.2 Å². The first-order chi connectivity index (χ1) is 11.3. The van der Waals surface area contributed by atoms with Crippen molar-refractivity contribution in [1.29, 1.82) is 0 Å². The van der Waals surface area contributed by atoms with E-state index in [-0.39, 0.29) is 5.56 Å². The summed E-state index contributed by atoms with van der Waals surface area (Å²) in [7, 11) is 0. The number of aromatic amines is 2. The summed E-state index contributed by atoms with van der Waals surface area (Å²) in [5.74, 6) is 0.509. The highest BCUT2D eigenvalue weighted by Crippen LogP contribution is 2.28. The minimum Gasteiger partial charge on any atom is -0.361 e. The van der Waals surface area contributed by atoms with Crippen molar-refractivity contribution in [3.63, 3.8) is 0 Å². The molecule has 0 atom stereocenters. The van der Waals surface area contributed by atoms with Crippen LogP contribution in [0.3, 0.4) is 0 Å². The zero-order valence-corrected chi connectivity index (χ0v) is 13.1. The van der Waals surface area contributed by atoms with Crippen LogP contribution in [0.15, 0.2) is 52.7 Å². The summed E-state index contributed by atoms with van der Waals surface area (Å²) in [5.41, 5.74) is 2.32. The van der Waals surface area contributed by atoms with E-state index in [1.807, 2.05) is 36.7 Å². The van der Waals surface area contributed by atoms with Crippen molar-refractivity contribution in [1.82, 2.24) is 19.9 Å². The van der Waals surface area contributed by atoms with Gasteiger partial charge in [-0.25, -0.2) is 9.97 Å². The van der Waals surface area contributed by atoms with Crippen molar-refractivity contribution >= 4 is 45.1 Å². The van der Waals surface area contributed by atoms with Crippen molar-refractivity contribution < 1.29 is 0 Å². The van der Waals surface area contributed by atoms with Crippen LogP contribution in [0.5, 0.6) is 0 Å². The van der Waals surface area contributed by atoms with Crippen LogP contribution >= 0.6 is 11.8 Å². The van der Waals surface area contributed by atoms with Gasteiger partial charge in [-0.05, 0) is 30.5 Å². The Hall–Kier alpha value is -2.80. The van der Waals surface area contributed by atoms with Gasteiger partial charge < -0.3 is 15.3 Å². The molecule has 0 saturated heterocycles. The molecule has 0 unspecified atom stereocenters. The number of aromatic nitrogens is 4. The van der Waals surface area contributed by atoms with Crippen molar-refractivity contribution in [2.45, 2.75) is 5.16 Å². The molecule has 3 heterocycles. The van der Waals surface area contributed by atoms with E-state index in [4.69, 9.17) is 0 Å². The van der Waals surface area contributed by atoms with Crippen LogP contribution in [0, 0.1) is 0 Å². The smallest absolute Gasteiger partial charge is 0.261 e.